The van der Waals surface area contributed by atoms with Gasteiger partial charge in [-0.3, -0.25) is 9.58 Å². The number of benzene rings is 1. The SMILES string of the molecule is CN(Cc1cccc(/C(N)=N/O)c1)Cc1cn(C)nn1. The van der Waals surface area contributed by atoms with Crippen molar-refractivity contribution < 1.29 is 5.21 Å². The highest BCUT2D eigenvalue weighted by Crippen LogP contribution is 2.09. The Morgan fingerprint density at radius 3 is 2.90 bits per heavy atom. The predicted molar refractivity (Wildman–Crippen MR) is 75.1 cm³/mol. The van der Waals surface area contributed by atoms with Crippen LogP contribution in [0.2, 0.25) is 0 Å². The highest BCUT2D eigenvalue weighted by atomic mass is 16.4. The van der Waals surface area contributed by atoms with Crippen molar-refractivity contribution in [2.24, 2.45) is 17.9 Å². The minimum absolute atomic E-state index is 0.114. The molecule has 0 aliphatic rings. The summed E-state index contributed by atoms with van der Waals surface area (Å²) in [5.41, 5.74) is 8.29. The molecule has 0 bridgehead atoms. The maximum atomic E-state index is 8.69. The Bertz CT molecular complexity index is 606. The first-order valence-corrected chi connectivity index (χ1v) is 6.19. The lowest BCUT2D eigenvalue weighted by Crippen LogP contribution is -2.18. The number of hydrogen-bond donors (Lipinski definition) is 2. The molecule has 1 aromatic heterocycles. The third-order valence-electron chi connectivity index (χ3n) is 2.86. The van der Waals surface area contributed by atoms with E-state index in [0.717, 1.165) is 17.8 Å². The van der Waals surface area contributed by atoms with Gasteiger partial charge in [0.05, 0.1) is 5.69 Å². The molecule has 0 unspecified atom stereocenters. The summed E-state index contributed by atoms with van der Waals surface area (Å²) in [5, 5.41) is 19.7. The first-order chi connectivity index (χ1) is 9.58. The second kappa shape index (κ2) is 6.16. The topological polar surface area (TPSA) is 92.6 Å². The maximum absolute atomic E-state index is 8.69. The summed E-state index contributed by atoms with van der Waals surface area (Å²) in [5.74, 6) is 0.114. The monoisotopic (exact) mass is 274 g/mol. The highest BCUT2D eigenvalue weighted by molar-refractivity contribution is 5.97. The maximum Gasteiger partial charge on any atom is 0.170 e. The Labute approximate surface area is 117 Å². The van der Waals surface area contributed by atoms with Gasteiger partial charge in [0.15, 0.2) is 5.84 Å². The fraction of sp³-hybridized carbons (Fsp3) is 0.308. The predicted octanol–water partition coefficient (Wildman–Crippen LogP) is 0.542. The van der Waals surface area contributed by atoms with Gasteiger partial charge in [-0.25, -0.2) is 0 Å². The van der Waals surface area contributed by atoms with Crippen LogP contribution in [0.5, 0.6) is 0 Å². The summed E-state index contributed by atoms with van der Waals surface area (Å²) in [6.07, 6.45) is 1.89. The number of aromatic nitrogens is 3. The van der Waals surface area contributed by atoms with Crippen LogP contribution in [0.3, 0.4) is 0 Å². The average Bonchev–Trinajstić information content (AvgIpc) is 2.83. The smallest absolute Gasteiger partial charge is 0.170 e. The second-order valence-corrected chi connectivity index (χ2v) is 4.74. The van der Waals surface area contributed by atoms with E-state index in [4.69, 9.17) is 10.9 Å². The van der Waals surface area contributed by atoms with Gasteiger partial charge in [0.25, 0.3) is 0 Å². The number of nitrogens with two attached hydrogens (primary N) is 1. The number of hydrogen-bond acceptors (Lipinski definition) is 5. The van der Waals surface area contributed by atoms with Crippen LogP contribution in [-0.4, -0.2) is 38.0 Å². The molecule has 106 valence electrons. The van der Waals surface area contributed by atoms with Gasteiger partial charge in [-0.15, -0.1) is 5.10 Å². The fourth-order valence-corrected chi connectivity index (χ4v) is 2.00. The molecule has 3 N–H and O–H groups in total. The molecule has 0 radical (unpaired) electrons. The van der Waals surface area contributed by atoms with Crippen LogP contribution in [-0.2, 0) is 20.1 Å². The van der Waals surface area contributed by atoms with Gasteiger partial charge in [-0.05, 0) is 18.7 Å². The zero-order valence-electron chi connectivity index (χ0n) is 11.6. The Hall–Kier alpha value is -2.41. The third-order valence-corrected chi connectivity index (χ3v) is 2.86. The largest absolute Gasteiger partial charge is 0.409 e. The van der Waals surface area contributed by atoms with Gasteiger partial charge in [-0.2, -0.15) is 0 Å². The summed E-state index contributed by atoms with van der Waals surface area (Å²) in [4.78, 5) is 2.12. The number of rotatable bonds is 5. The number of aryl methyl sites for hydroxylation is 1. The molecule has 0 aliphatic carbocycles. The molecular formula is C13H18N6O. The molecule has 20 heavy (non-hydrogen) atoms. The molecule has 0 spiro atoms. The summed E-state index contributed by atoms with van der Waals surface area (Å²) in [6, 6.07) is 7.60. The molecule has 2 aromatic rings. The van der Waals surface area contributed by atoms with Crippen molar-refractivity contribution >= 4 is 5.84 Å². The zero-order chi connectivity index (χ0) is 14.5. The van der Waals surface area contributed by atoms with E-state index in [1.165, 1.54) is 0 Å². The Morgan fingerprint density at radius 2 is 2.25 bits per heavy atom. The van der Waals surface area contributed by atoms with Crippen LogP contribution in [0.1, 0.15) is 16.8 Å². The summed E-state index contributed by atoms with van der Waals surface area (Å²) >= 11 is 0. The standard InChI is InChI=1S/C13H18N6O/c1-18(8-12-9-19(2)17-15-12)7-10-4-3-5-11(6-10)13(14)16-20/h3-6,9,20H,7-8H2,1-2H3,(H2,14,16). The zero-order valence-corrected chi connectivity index (χ0v) is 11.6. The number of oxime groups is 1. The molecule has 1 heterocycles. The van der Waals surface area contributed by atoms with Crippen molar-refractivity contribution in [3.63, 3.8) is 0 Å². The molecule has 1 aromatic carbocycles. The van der Waals surface area contributed by atoms with Crippen molar-refractivity contribution in [3.8, 4) is 0 Å². The van der Waals surface area contributed by atoms with Crippen molar-refractivity contribution in [2.45, 2.75) is 13.1 Å². The Balaban J connectivity index is 2.02. The molecule has 0 saturated heterocycles. The van der Waals surface area contributed by atoms with Gasteiger partial charge >= 0.3 is 0 Å². The lowest BCUT2D eigenvalue weighted by Gasteiger charge is -2.15. The minimum Gasteiger partial charge on any atom is -0.409 e. The molecular weight excluding hydrogens is 256 g/mol. The van der Waals surface area contributed by atoms with Crippen molar-refractivity contribution in [1.29, 1.82) is 0 Å². The van der Waals surface area contributed by atoms with E-state index in [1.807, 2.05) is 38.5 Å². The van der Waals surface area contributed by atoms with Crippen molar-refractivity contribution in [3.05, 3.63) is 47.3 Å². The molecule has 7 heteroatoms. The molecule has 0 atom stereocenters. The van der Waals surface area contributed by atoms with E-state index in [2.05, 4.69) is 20.4 Å². The fourth-order valence-electron chi connectivity index (χ4n) is 2.00. The first kappa shape index (κ1) is 14.0. The lowest BCUT2D eigenvalue weighted by atomic mass is 10.1. The normalized spacial score (nSPS) is 12.1. The van der Waals surface area contributed by atoms with Gasteiger partial charge in [0, 0.05) is 31.9 Å². The second-order valence-electron chi connectivity index (χ2n) is 4.74. The van der Waals surface area contributed by atoms with E-state index in [-0.39, 0.29) is 5.84 Å². The lowest BCUT2D eigenvalue weighted by molar-refractivity contribution is 0.314. The quantitative estimate of drug-likeness (QED) is 0.359. The minimum atomic E-state index is 0.114. The van der Waals surface area contributed by atoms with Crippen LogP contribution >= 0.6 is 0 Å². The Kier molecular flexibility index (Phi) is 4.31. The molecule has 7 nitrogen and oxygen atoms in total. The van der Waals surface area contributed by atoms with Crippen LogP contribution in [0.4, 0.5) is 0 Å². The summed E-state index contributed by atoms with van der Waals surface area (Å²) in [6.45, 7) is 1.45. The van der Waals surface area contributed by atoms with Crippen LogP contribution in [0.25, 0.3) is 0 Å². The van der Waals surface area contributed by atoms with Crippen LogP contribution in [0, 0.1) is 0 Å². The van der Waals surface area contributed by atoms with E-state index in [0.29, 0.717) is 12.1 Å². The highest BCUT2D eigenvalue weighted by Gasteiger charge is 2.06. The third kappa shape index (κ3) is 3.55. The average molecular weight is 274 g/mol. The van der Waals surface area contributed by atoms with Gasteiger partial charge in [0.2, 0.25) is 0 Å². The number of nitrogens with zero attached hydrogens (tertiary/aromatic N) is 5. The van der Waals surface area contributed by atoms with E-state index in [1.54, 1.807) is 10.7 Å². The van der Waals surface area contributed by atoms with E-state index < -0.39 is 0 Å². The Morgan fingerprint density at radius 1 is 1.45 bits per heavy atom. The van der Waals surface area contributed by atoms with Gasteiger partial charge < -0.3 is 10.9 Å². The van der Waals surface area contributed by atoms with Crippen molar-refractivity contribution in [1.82, 2.24) is 19.9 Å². The van der Waals surface area contributed by atoms with Gasteiger partial charge in [0.1, 0.15) is 0 Å². The van der Waals surface area contributed by atoms with Crippen LogP contribution in [0.15, 0.2) is 35.6 Å². The molecule has 0 aliphatic heterocycles. The van der Waals surface area contributed by atoms with Crippen LogP contribution < -0.4 is 5.73 Å². The molecule has 0 amide bonds. The van der Waals surface area contributed by atoms with E-state index in [9.17, 15) is 0 Å². The van der Waals surface area contributed by atoms with E-state index >= 15 is 0 Å². The molecule has 0 fully saturated rings. The van der Waals surface area contributed by atoms with Gasteiger partial charge in [-0.1, -0.05) is 28.6 Å². The number of amidine groups is 1. The van der Waals surface area contributed by atoms with Crippen molar-refractivity contribution in [2.75, 3.05) is 7.05 Å². The molecule has 2 rings (SSSR count). The first-order valence-electron chi connectivity index (χ1n) is 6.19. The summed E-state index contributed by atoms with van der Waals surface area (Å²) in [7, 11) is 3.85. The molecule has 0 saturated carbocycles. The summed E-state index contributed by atoms with van der Waals surface area (Å²) < 4.78 is 1.68.